The Hall–Kier alpha value is -3.33. The van der Waals surface area contributed by atoms with Crippen molar-refractivity contribution in [3.8, 4) is 11.5 Å². The smallest absolute Gasteiger partial charge is 0.310 e. The second-order valence-corrected chi connectivity index (χ2v) is 10.2. The molecule has 35 heavy (non-hydrogen) atoms. The van der Waals surface area contributed by atoms with Gasteiger partial charge < -0.3 is 19.1 Å². The third-order valence-electron chi connectivity index (χ3n) is 6.11. The Balaban J connectivity index is 1.88. The van der Waals surface area contributed by atoms with Crippen molar-refractivity contribution in [1.82, 2.24) is 4.98 Å². The Morgan fingerprint density at radius 2 is 1.83 bits per heavy atom. The van der Waals surface area contributed by atoms with Crippen LogP contribution in [0, 0.1) is 5.92 Å². The van der Waals surface area contributed by atoms with E-state index in [1.165, 1.54) is 25.4 Å². The molecule has 1 aliphatic heterocycles. The van der Waals surface area contributed by atoms with Crippen molar-refractivity contribution in [2.45, 2.75) is 36.5 Å². The normalized spacial score (nSPS) is 16.2. The monoisotopic (exact) mass is 498 g/mol. The number of esters is 1. The van der Waals surface area contributed by atoms with Crippen molar-refractivity contribution in [3.63, 3.8) is 0 Å². The molecule has 186 valence electrons. The first-order chi connectivity index (χ1) is 16.9. The van der Waals surface area contributed by atoms with E-state index < -0.39 is 9.84 Å². The van der Waals surface area contributed by atoms with Crippen LogP contribution in [0.1, 0.15) is 26.7 Å². The van der Waals surface area contributed by atoms with E-state index in [-0.39, 0.29) is 21.7 Å². The lowest BCUT2D eigenvalue weighted by molar-refractivity contribution is -0.148. The standard InChI is InChI=1S/C26H30N2O6S/c1-4-33-20-10-13-23-22(15-20)25(28-14-6-7-18(17-28)26(29)34-5-2)24(16-27-23)35(30,31)21-11-8-19(32-3)9-12-21/h8-13,15-16,18H,4-7,14,17H2,1-3H3. The molecule has 0 radical (unpaired) electrons. The highest BCUT2D eigenvalue weighted by molar-refractivity contribution is 7.91. The van der Waals surface area contributed by atoms with Crippen LogP contribution < -0.4 is 14.4 Å². The summed E-state index contributed by atoms with van der Waals surface area (Å²) < 4.78 is 43.8. The van der Waals surface area contributed by atoms with Crippen LogP contribution in [-0.4, -0.2) is 52.8 Å². The fourth-order valence-corrected chi connectivity index (χ4v) is 5.87. The Bertz CT molecular complexity index is 1310. The van der Waals surface area contributed by atoms with E-state index in [9.17, 15) is 13.2 Å². The number of rotatable bonds is 8. The Morgan fingerprint density at radius 1 is 1.09 bits per heavy atom. The molecule has 2 heterocycles. The maximum atomic E-state index is 13.8. The number of anilines is 1. The molecule has 0 spiro atoms. The predicted octanol–water partition coefficient (Wildman–Crippen LogP) is 4.25. The summed E-state index contributed by atoms with van der Waals surface area (Å²) in [4.78, 5) is 19.2. The van der Waals surface area contributed by atoms with Gasteiger partial charge in [-0.1, -0.05) is 0 Å². The van der Waals surface area contributed by atoms with E-state index in [1.807, 2.05) is 30.0 Å². The average molecular weight is 499 g/mol. The maximum absolute atomic E-state index is 13.8. The number of carbonyl (C=O) groups excluding carboxylic acids is 1. The van der Waals surface area contributed by atoms with Crippen LogP contribution in [0.2, 0.25) is 0 Å². The summed E-state index contributed by atoms with van der Waals surface area (Å²) >= 11 is 0. The third-order valence-corrected chi connectivity index (χ3v) is 7.88. The summed E-state index contributed by atoms with van der Waals surface area (Å²) in [6.45, 7) is 5.43. The first-order valence-corrected chi connectivity index (χ1v) is 13.2. The van der Waals surface area contributed by atoms with Gasteiger partial charge in [0.05, 0.1) is 42.3 Å². The fourth-order valence-electron chi connectivity index (χ4n) is 4.43. The van der Waals surface area contributed by atoms with Crippen molar-refractivity contribution in [2.24, 2.45) is 5.92 Å². The molecular formula is C26H30N2O6S. The summed E-state index contributed by atoms with van der Waals surface area (Å²) in [5.74, 6) is 0.597. The van der Waals surface area contributed by atoms with Crippen molar-refractivity contribution in [3.05, 3.63) is 48.7 Å². The molecular weight excluding hydrogens is 468 g/mol. The van der Waals surface area contributed by atoms with Crippen molar-refractivity contribution < 1.29 is 27.4 Å². The van der Waals surface area contributed by atoms with E-state index in [0.717, 1.165) is 6.42 Å². The zero-order valence-corrected chi connectivity index (χ0v) is 21.0. The number of carbonyl (C=O) groups is 1. The van der Waals surface area contributed by atoms with Crippen LogP contribution in [0.25, 0.3) is 10.9 Å². The summed E-state index contributed by atoms with van der Waals surface area (Å²) in [6, 6.07) is 11.7. The van der Waals surface area contributed by atoms with Crippen molar-refractivity contribution in [2.75, 3.05) is 38.3 Å². The molecule has 4 rings (SSSR count). The number of benzene rings is 2. The third kappa shape index (κ3) is 5.05. The van der Waals surface area contributed by atoms with Crippen LogP contribution in [0.4, 0.5) is 5.69 Å². The number of ether oxygens (including phenoxy) is 3. The zero-order chi connectivity index (χ0) is 25.0. The Morgan fingerprint density at radius 3 is 2.51 bits per heavy atom. The van der Waals surface area contributed by atoms with Gasteiger partial charge in [-0.25, -0.2) is 8.42 Å². The highest BCUT2D eigenvalue weighted by Crippen LogP contribution is 2.39. The number of piperidine rings is 1. The van der Waals surface area contributed by atoms with Crippen LogP contribution in [0.15, 0.2) is 58.5 Å². The highest BCUT2D eigenvalue weighted by atomic mass is 32.2. The zero-order valence-electron chi connectivity index (χ0n) is 20.2. The molecule has 3 aromatic rings. The summed E-state index contributed by atoms with van der Waals surface area (Å²) in [5.41, 5.74) is 1.18. The van der Waals surface area contributed by atoms with Crippen LogP contribution in [-0.2, 0) is 19.4 Å². The van der Waals surface area contributed by atoms with Gasteiger partial charge in [0.2, 0.25) is 9.84 Å². The molecule has 1 atom stereocenters. The number of fused-ring (bicyclic) bond motifs is 1. The topological polar surface area (TPSA) is 95.0 Å². The van der Waals surface area contributed by atoms with Gasteiger partial charge in [0.1, 0.15) is 16.4 Å². The van der Waals surface area contributed by atoms with Crippen LogP contribution in [0.3, 0.4) is 0 Å². The number of nitrogens with zero attached hydrogens (tertiary/aromatic N) is 2. The molecule has 1 fully saturated rings. The quantitative estimate of drug-likeness (QED) is 0.425. The van der Waals surface area contributed by atoms with E-state index in [2.05, 4.69) is 4.98 Å². The number of aromatic nitrogens is 1. The molecule has 2 aromatic carbocycles. The van der Waals surface area contributed by atoms with Crippen LogP contribution in [0.5, 0.6) is 11.5 Å². The molecule has 1 saturated heterocycles. The number of methoxy groups -OCH3 is 1. The van der Waals surface area contributed by atoms with Crippen LogP contribution >= 0.6 is 0 Å². The second kappa shape index (κ2) is 10.5. The summed E-state index contributed by atoms with van der Waals surface area (Å²) in [7, 11) is -2.40. The second-order valence-electron chi connectivity index (χ2n) is 8.30. The molecule has 0 amide bonds. The lowest BCUT2D eigenvalue weighted by Crippen LogP contribution is -2.40. The molecule has 1 aromatic heterocycles. The predicted molar refractivity (Wildman–Crippen MR) is 133 cm³/mol. The lowest BCUT2D eigenvalue weighted by Gasteiger charge is -2.35. The van der Waals surface area contributed by atoms with E-state index in [0.29, 0.717) is 60.8 Å². The Labute approximate surface area is 205 Å². The maximum Gasteiger partial charge on any atom is 0.310 e. The first-order valence-electron chi connectivity index (χ1n) is 11.7. The number of hydrogen-bond donors (Lipinski definition) is 0. The van der Waals surface area contributed by atoms with E-state index in [4.69, 9.17) is 14.2 Å². The minimum Gasteiger partial charge on any atom is -0.497 e. The molecule has 1 aliphatic rings. The largest absolute Gasteiger partial charge is 0.497 e. The van der Waals surface area contributed by atoms with Gasteiger partial charge in [0, 0.05) is 24.7 Å². The van der Waals surface area contributed by atoms with Gasteiger partial charge in [-0.05, 0) is 69.2 Å². The summed E-state index contributed by atoms with van der Waals surface area (Å²) in [5, 5.41) is 0.662. The molecule has 0 aliphatic carbocycles. The molecule has 0 N–H and O–H groups in total. The summed E-state index contributed by atoms with van der Waals surface area (Å²) in [6.07, 6.45) is 2.84. The average Bonchev–Trinajstić information content (AvgIpc) is 2.88. The number of hydrogen-bond acceptors (Lipinski definition) is 8. The van der Waals surface area contributed by atoms with Gasteiger partial charge >= 0.3 is 5.97 Å². The van der Waals surface area contributed by atoms with Gasteiger partial charge in [-0.15, -0.1) is 0 Å². The minimum atomic E-state index is -3.93. The molecule has 1 unspecified atom stereocenters. The molecule has 0 saturated carbocycles. The number of pyridine rings is 1. The molecule has 8 nitrogen and oxygen atoms in total. The highest BCUT2D eigenvalue weighted by Gasteiger charge is 2.32. The van der Waals surface area contributed by atoms with E-state index in [1.54, 1.807) is 19.1 Å². The SMILES string of the molecule is CCOC(=O)C1CCCN(c2c(S(=O)(=O)c3ccc(OC)cc3)cnc3ccc(OCC)cc23)C1. The van der Waals surface area contributed by atoms with Gasteiger partial charge in [0.25, 0.3) is 0 Å². The molecule has 0 bridgehead atoms. The van der Waals surface area contributed by atoms with E-state index >= 15 is 0 Å². The molecule has 9 heteroatoms. The lowest BCUT2D eigenvalue weighted by atomic mass is 9.97. The van der Waals surface area contributed by atoms with Crippen molar-refractivity contribution >= 4 is 32.4 Å². The van der Waals surface area contributed by atoms with Gasteiger partial charge in [-0.3, -0.25) is 9.78 Å². The van der Waals surface area contributed by atoms with Gasteiger partial charge in [-0.2, -0.15) is 0 Å². The van der Waals surface area contributed by atoms with Gasteiger partial charge in [0.15, 0.2) is 0 Å². The van der Waals surface area contributed by atoms with Crippen molar-refractivity contribution in [1.29, 1.82) is 0 Å². The fraction of sp³-hybridized carbons (Fsp3) is 0.385. The Kier molecular flexibility index (Phi) is 7.45. The minimum absolute atomic E-state index is 0.0910. The number of sulfone groups is 1. The first kappa shape index (κ1) is 24.8.